The molecule has 2 aromatic carbocycles. The number of carbonyl (C=O) groups excluding carboxylic acids is 2. The van der Waals surface area contributed by atoms with Crippen molar-refractivity contribution in [3.05, 3.63) is 88.9 Å². The Labute approximate surface area is 190 Å². The molecule has 0 heterocycles. The number of rotatable bonds is 10. The van der Waals surface area contributed by atoms with E-state index in [9.17, 15) is 9.59 Å². The van der Waals surface area contributed by atoms with Gasteiger partial charge in [-0.1, -0.05) is 32.1 Å². The summed E-state index contributed by atoms with van der Waals surface area (Å²) in [6, 6.07) is 12.2. The van der Waals surface area contributed by atoms with Crippen molar-refractivity contribution in [2.45, 2.75) is 40.5 Å². The summed E-state index contributed by atoms with van der Waals surface area (Å²) in [6.07, 6.45) is 8.45. The molecule has 0 N–H and O–H groups in total. The van der Waals surface area contributed by atoms with Gasteiger partial charge in [-0.25, -0.2) is 4.79 Å². The van der Waals surface area contributed by atoms with E-state index < -0.39 is 5.97 Å². The molecular weight excluding hydrogens is 404 g/mol. The van der Waals surface area contributed by atoms with Crippen LogP contribution in [0.2, 0.25) is 0 Å². The summed E-state index contributed by atoms with van der Waals surface area (Å²) in [5.74, 6) is 1.98. The zero-order valence-electron chi connectivity index (χ0n) is 19.3. The van der Waals surface area contributed by atoms with Crippen molar-refractivity contribution in [3.8, 4) is 11.5 Å². The largest absolute Gasteiger partial charge is 0.465 e. The van der Waals surface area contributed by atoms with E-state index in [0.29, 0.717) is 12.2 Å². The van der Waals surface area contributed by atoms with E-state index >= 15 is 0 Å². The third kappa shape index (κ3) is 6.71. The van der Waals surface area contributed by atoms with Crippen LogP contribution in [0.3, 0.4) is 0 Å². The lowest BCUT2D eigenvalue weighted by Crippen LogP contribution is -2.10. The van der Waals surface area contributed by atoms with Crippen LogP contribution in [-0.4, -0.2) is 18.9 Å². The van der Waals surface area contributed by atoms with Gasteiger partial charge in [-0.05, 0) is 68.0 Å². The van der Waals surface area contributed by atoms with E-state index in [0.717, 1.165) is 29.3 Å². The topological polar surface area (TPSA) is 61.8 Å². The van der Waals surface area contributed by atoms with Crippen LogP contribution in [0.25, 0.3) is 6.08 Å². The highest BCUT2D eigenvalue weighted by atomic mass is 16.5. The Bertz CT molecular complexity index is 1030. The maximum atomic E-state index is 12.8. The molecule has 168 valence electrons. The second-order valence-corrected chi connectivity index (χ2v) is 6.89. The molecule has 0 aliphatic heterocycles. The molecule has 0 saturated heterocycles. The van der Waals surface area contributed by atoms with Gasteiger partial charge in [0, 0.05) is 18.4 Å². The molecule has 0 fully saturated rings. The van der Waals surface area contributed by atoms with Crippen LogP contribution in [0.15, 0.2) is 72.2 Å². The normalized spacial score (nSPS) is 12.0. The average Bonchev–Trinajstić information content (AvgIpc) is 2.84. The van der Waals surface area contributed by atoms with Crippen molar-refractivity contribution >= 4 is 17.8 Å². The number of methoxy groups -OCH3 is 1. The maximum absolute atomic E-state index is 12.8. The van der Waals surface area contributed by atoms with Crippen LogP contribution in [-0.2, 0) is 4.74 Å². The first kappa shape index (κ1) is 24.7. The Morgan fingerprint density at radius 3 is 1.91 bits per heavy atom. The molecule has 5 nitrogen and oxygen atoms in total. The van der Waals surface area contributed by atoms with Crippen LogP contribution in [0.5, 0.6) is 11.5 Å². The van der Waals surface area contributed by atoms with Gasteiger partial charge in [0.05, 0.1) is 24.2 Å². The third-order valence-electron chi connectivity index (χ3n) is 4.81. The minimum atomic E-state index is -0.595. The fourth-order valence-electron chi connectivity index (χ4n) is 2.96. The van der Waals surface area contributed by atoms with Crippen molar-refractivity contribution in [3.63, 3.8) is 0 Å². The molecule has 0 unspecified atom stereocenters. The average molecular weight is 435 g/mol. The lowest BCUT2D eigenvalue weighted by Gasteiger charge is -2.11. The number of hydrogen-bond donors (Lipinski definition) is 0. The molecule has 0 saturated carbocycles. The van der Waals surface area contributed by atoms with E-state index in [4.69, 9.17) is 14.2 Å². The molecule has 32 heavy (non-hydrogen) atoms. The maximum Gasteiger partial charge on any atom is 0.338 e. The second-order valence-electron chi connectivity index (χ2n) is 6.89. The Kier molecular flexibility index (Phi) is 9.48. The van der Waals surface area contributed by atoms with E-state index in [-0.39, 0.29) is 16.9 Å². The summed E-state index contributed by atoms with van der Waals surface area (Å²) in [6.45, 7) is 7.82. The fraction of sp³-hybridized carbons (Fsp3) is 0.259. The molecule has 2 aromatic rings. The van der Waals surface area contributed by atoms with Crippen molar-refractivity contribution in [1.29, 1.82) is 0 Å². The van der Waals surface area contributed by atoms with Gasteiger partial charge in [-0.15, -0.1) is 0 Å². The number of esters is 1. The third-order valence-corrected chi connectivity index (χ3v) is 4.81. The Hall–Kier alpha value is -3.60. The Balaban J connectivity index is 2.22. The highest BCUT2D eigenvalue weighted by Crippen LogP contribution is 2.23. The van der Waals surface area contributed by atoms with E-state index in [1.165, 1.54) is 19.3 Å². The molecular formula is C27H30O5. The van der Waals surface area contributed by atoms with Crippen LogP contribution >= 0.6 is 0 Å². The molecule has 2 rings (SSSR count). The summed E-state index contributed by atoms with van der Waals surface area (Å²) >= 11 is 0. The predicted molar refractivity (Wildman–Crippen MR) is 127 cm³/mol. The molecule has 0 radical (unpaired) electrons. The smallest absolute Gasteiger partial charge is 0.338 e. The summed E-state index contributed by atoms with van der Waals surface area (Å²) in [5.41, 5.74) is 1.25. The van der Waals surface area contributed by atoms with Crippen LogP contribution < -0.4 is 9.47 Å². The first-order valence-corrected chi connectivity index (χ1v) is 10.7. The molecule has 0 aliphatic rings. The summed E-state index contributed by atoms with van der Waals surface area (Å²) < 4.78 is 16.4. The van der Waals surface area contributed by atoms with E-state index in [1.807, 2.05) is 64.1 Å². The summed E-state index contributed by atoms with van der Waals surface area (Å²) in [4.78, 5) is 25.1. The number of ether oxygens (including phenoxy) is 3. The molecule has 5 heteroatoms. The van der Waals surface area contributed by atoms with Gasteiger partial charge in [0.1, 0.15) is 11.5 Å². The first-order chi connectivity index (χ1) is 15.4. The van der Waals surface area contributed by atoms with Gasteiger partial charge in [-0.2, -0.15) is 0 Å². The van der Waals surface area contributed by atoms with Gasteiger partial charge in [0.15, 0.2) is 5.78 Å². The highest BCUT2D eigenvalue weighted by Gasteiger charge is 2.18. The molecule has 0 aliphatic carbocycles. The molecule has 0 bridgehead atoms. The van der Waals surface area contributed by atoms with Gasteiger partial charge < -0.3 is 14.2 Å². The fourth-order valence-corrected chi connectivity index (χ4v) is 2.96. The van der Waals surface area contributed by atoms with Crippen LogP contribution in [0.4, 0.5) is 0 Å². The molecule has 0 amide bonds. The first-order valence-electron chi connectivity index (χ1n) is 10.7. The summed E-state index contributed by atoms with van der Waals surface area (Å²) in [5, 5.41) is 0. The van der Waals surface area contributed by atoms with Crippen molar-refractivity contribution in [1.82, 2.24) is 0 Å². The minimum absolute atomic E-state index is 0.161. The number of carbonyl (C=O) groups is 2. The van der Waals surface area contributed by atoms with Crippen molar-refractivity contribution in [2.75, 3.05) is 7.11 Å². The van der Waals surface area contributed by atoms with E-state index in [1.54, 1.807) is 18.2 Å². The van der Waals surface area contributed by atoms with Crippen LogP contribution in [0.1, 0.15) is 66.8 Å². The van der Waals surface area contributed by atoms with Crippen molar-refractivity contribution in [2.24, 2.45) is 0 Å². The lowest BCUT2D eigenvalue weighted by atomic mass is 10.0. The lowest BCUT2D eigenvalue weighted by molar-refractivity contribution is 0.0597. The highest BCUT2D eigenvalue weighted by molar-refractivity contribution is 6.13. The second kappa shape index (κ2) is 12.3. The van der Waals surface area contributed by atoms with Gasteiger partial charge in [-0.3, -0.25) is 4.79 Å². The molecule has 0 atom stereocenters. The van der Waals surface area contributed by atoms with Gasteiger partial charge in [0.25, 0.3) is 0 Å². The van der Waals surface area contributed by atoms with Crippen LogP contribution in [0, 0.1) is 0 Å². The Morgan fingerprint density at radius 2 is 1.38 bits per heavy atom. The van der Waals surface area contributed by atoms with Crippen molar-refractivity contribution < 1.29 is 23.8 Å². The Morgan fingerprint density at radius 1 is 0.812 bits per heavy atom. The molecule has 0 spiro atoms. The number of allylic oxidation sites excluding steroid dienone is 5. The van der Waals surface area contributed by atoms with E-state index in [2.05, 4.69) is 0 Å². The predicted octanol–water partition coefficient (Wildman–Crippen LogP) is 6.75. The van der Waals surface area contributed by atoms with Gasteiger partial charge in [0.2, 0.25) is 0 Å². The zero-order chi connectivity index (χ0) is 23.5. The van der Waals surface area contributed by atoms with Gasteiger partial charge >= 0.3 is 5.97 Å². The minimum Gasteiger partial charge on any atom is -0.465 e. The molecule has 0 aromatic heterocycles. The standard InChI is InChI=1S/C27H30O5/c1-6-20(7-2)31-22-13-10-19(11-14-22)12-17-26(28)24-16-15-23(32-21(8-3)9-4)18-25(24)27(29)30-5/h6,8,10-18H,7,9H2,1-5H3. The number of hydrogen-bond acceptors (Lipinski definition) is 5. The summed E-state index contributed by atoms with van der Waals surface area (Å²) in [7, 11) is 1.28. The SMILES string of the molecule is CC=C(CC)Oc1ccc(C=CC(=O)c2ccc(OC(=CC)CC)cc2C(=O)OC)cc1. The monoisotopic (exact) mass is 434 g/mol. The quantitative estimate of drug-likeness (QED) is 0.179. The number of benzene rings is 2. The zero-order valence-corrected chi connectivity index (χ0v) is 19.3. The number of ketones is 1.